The second kappa shape index (κ2) is 8.49. The van der Waals surface area contributed by atoms with E-state index >= 15 is 0 Å². The van der Waals surface area contributed by atoms with Crippen LogP contribution >= 0.6 is 15.9 Å². The number of hydrogen-bond donors (Lipinski definition) is 1. The quantitative estimate of drug-likeness (QED) is 0.733. The Hall–Kier alpha value is -2.34. The van der Waals surface area contributed by atoms with Gasteiger partial charge in [0, 0.05) is 10.0 Å². The minimum Gasteiger partial charge on any atom is -0.493 e. The van der Waals surface area contributed by atoms with Gasteiger partial charge in [-0.2, -0.15) is 0 Å². The van der Waals surface area contributed by atoms with Crippen LogP contribution in [0.2, 0.25) is 0 Å². The monoisotopic (exact) mass is 391 g/mol. The van der Waals surface area contributed by atoms with Crippen LogP contribution in [0.5, 0.6) is 11.5 Å². The molecule has 0 saturated carbocycles. The molecular formula is C18H18BrNO4. The maximum Gasteiger partial charge on any atom is 0.258 e. The fourth-order valence-corrected chi connectivity index (χ4v) is 2.40. The van der Waals surface area contributed by atoms with Crippen molar-refractivity contribution >= 4 is 28.1 Å². The Balaban J connectivity index is 1.93. The molecule has 2 aromatic carbocycles. The Morgan fingerprint density at radius 1 is 1.21 bits per heavy atom. The van der Waals surface area contributed by atoms with Gasteiger partial charge in [-0.1, -0.05) is 28.1 Å². The topological polar surface area (TPSA) is 64.6 Å². The Labute approximate surface area is 149 Å². The number of benzene rings is 2. The molecule has 0 bridgehead atoms. The molecule has 6 heteroatoms. The fraction of sp³-hybridized carbons (Fsp3) is 0.222. The highest BCUT2D eigenvalue weighted by Crippen LogP contribution is 2.27. The zero-order valence-corrected chi connectivity index (χ0v) is 15.0. The van der Waals surface area contributed by atoms with Gasteiger partial charge in [-0.05, 0) is 42.8 Å². The summed E-state index contributed by atoms with van der Waals surface area (Å²) in [5.41, 5.74) is 1.48. The van der Waals surface area contributed by atoms with Gasteiger partial charge in [-0.15, -0.1) is 0 Å². The largest absolute Gasteiger partial charge is 0.493 e. The fourth-order valence-electron chi connectivity index (χ4n) is 2.14. The Morgan fingerprint density at radius 2 is 1.92 bits per heavy atom. The lowest BCUT2D eigenvalue weighted by atomic mass is 10.1. The standard InChI is InChI=1S/C18H18BrNO4/c1-12(14-4-6-15(19)7-5-14)20-18(22)11-24-16-8-3-13(10-21)9-17(16)23-2/h3-10,12H,11H2,1-2H3,(H,20,22). The van der Waals surface area contributed by atoms with Crippen molar-refractivity contribution in [3.8, 4) is 11.5 Å². The number of methoxy groups -OCH3 is 1. The van der Waals surface area contributed by atoms with Crippen LogP contribution in [0.4, 0.5) is 0 Å². The molecule has 0 fully saturated rings. The predicted octanol–water partition coefficient (Wildman–Crippen LogP) is 3.53. The van der Waals surface area contributed by atoms with Crippen molar-refractivity contribution in [3.05, 3.63) is 58.1 Å². The number of aldehydes is 1. The van der Waals surface area contributed by atoms with Crippen molar-refractivity contribution in [2.75, 3.05) is 13.7 Å². The van der Waals surface area contributed by atoms with Crippen LogP contribution in [-0.2, 0) is 4.79 Å². The Kier molecular flexibility index (Phi) is 6.37. The number of halogens is 1. The summed E-state index contributed by atoms with van der Waals surface area (Å²) in [4.78, 5) is 22.8. The van der Waals surface area contributed by atoms with E-state index in [0.717, 1.165) is 16.3 Å². The molecule has 0 saturated heterocycles. The second-order valence-electron chi connectivity index (χ2n) is 5.16. The third-order valence-corrected chi connectivity index (χ3v) is 3.96. The van der Waals surface area contributed by atoms with E-state index in [9.17, 15) is 9.59 Å². The molecule has 1 N–H and O–H groups in total. The van der Waals surface area contributed by atoms with E-state index in [4.69, 9.17) is 9.47 Å². The van der Waals surface area contributed by atoms with E-state index in [0.29, 0.717) is 17.1 Å². The molecule has 0 aliphatic carbocycles. The lowest BCUT2D eigenvalue weighted by molar-refractivity contribution is -0.123. The molecule has 1 atom stereocenters. The number of nitrogens with one attached hydrogen (secondary N) is 1. The molecule has 0 radical (unpaired) electrons. The molecule has 24 heavy (non-hydrogen) atoms. The predicted molar refractivity (Wildman–Crippen MR) is 94.6 cm³/mol. The first kappa shape index (κ1) is 18.0. The van der Waals surface area contributed by atoms with Crippen LogP contribution in [0.3, 0.4) is 0 Å². The molecule has 2 aromatic rings. The van der Waals surface area contributed by atoms with Crippen molar-refractivity contribution in [2.24, 2.45) is 0 Å². The first-order valence-corrected chi connectivity index (χ1v) is 8.13. The average Bonchev–Trinajstić information content (AvgIpc) is 2.60. The van der Waals surface area contributed by atoms with Crippen molar-refractivity contribution in [2.45, 2.75) is 13.0 Å². The summed E-state index contributed by atoms with van der Waals surface area (Å²) >= 11 is 3.38. The van der Waals surface area contributed by atoms with Gasteiger partial charge in [0.05, 0.1) is 13.2 Å². The van der Waals surface area contributed by atoms with Crippen LogP contribution < -0.4 is 14.8 Å². The van der Waals surface area contributed by atoms with Gasteiger partial charge >= 0.3 is 0 Å². The maximum atomic E-state index is 12.0. The molecule has 0 aliphatic rings. The summed E-state index contributed by atoms with van der Waals surface area (Å²) in [7, 11) is 1.48. The molecular weight excluding hydrogens is 374 g/mol. The molecule has 126 valence electrons. The van der Waals surface area contributed by atoms with Gasteiger partial charge in [0.2, 0.25) is 0 Å². The van der Waals surface area contributed by atoms with E-state index in [1.165, 1.54) is 7.11 Å². The summed E-state index contributed by atoms with van der Waals surface area (Å²) < 4.78 is 11.6. The minimum atomic E-state index is -0.244. The van der Waals surface area contributed by atoms with E-state index in [-0.39, 0.29) is 18.6 Å². The third-order valence-electron chi connectivity index (χ3n) is 3.43. The molecule has 1 amide bonds. The molecule has 0 spiro atoms. The molecule has 1 unspecified atom stereocenters. The lowest BCUT2D eigenvalue weighted by Gasteiger charge is -2.15. The SMILES string of the molecule is COc1cc(C=O)ccc1OCC(=O)NC(C)c1ccc(Br)cc1. The van der Waals surface area contributed by atoms with E-state index in [1.807, 2.05) is 31.2 Å². The minimum absolute atomic E-state index is 0.131. The first-order valence-electron chi connectivity index (χ1n) is 7.34. The molecule has 5 nitrogen and oxygen atoms in total. The summed E-state index contributed by atoms with van der Waals surface area (Å²) in [6.07, 6.45) is 0.721. The van der Waals surface area contributed by atoms with Crippen LogP contribution in [0.15, 0.2) is 46.9 Å². The van der Waals surface area contributed by atoms with Crippen LogP contribution in [-0.4, -0.2) is 25.9 Å². The summed E-state index contributed by atoms with van der Waals surface area (Å²) in [6.45, 7) is 1.76. The van der Waals surface area contributed by atoms with Gasteiger partial charge in [-0.3, -0.25) is 9.59 Å². The van der Waals surface area contributed by atoms with Crippen LogP contribution in [0.1, 0.15) is 28.9 Å². The van der Waals surface area contributed by atoms with Crippen molar-refractivity contribution in [3.63, 3.8) is 0 Å². The van der Waals surface area contributed by atoms with Gasteiger partial charge in [0.15, 0.2) is 18.1 Å². The number of hydrogen-bond acceptors (Lipinski definition) is 4. The highest BCUT2D eigenvalue weighted by molar-refractivity contribution is 9.10. The molecule has 0 aromatic heterocycles. The van der Waals surface area contributed by atoms with E-state index in [2.05, 4.69) is 21.2 Å². The van der Waals surface area contributed by atoms with Gasteiger partial charge < -0.3 is 14.8 Å². The molecule has 2 rings (SSSR count). The molecule has 0 heterocycles. The summed E-state index contributed by atoms with van der Waals surface area (Å²) in [6, 6.07) is 12.4. The van der Waals surface area contributed by atoms with E-state index in [1.54, 1.807) is 18.2 Å². The van der Waals surface area contributed by atoms with Crippen LogP contribution in [0.25, 0.3) is 0 Å². The second-order valence-corrected chi connectivity index (χ2v) is 6.07. The molecule has 0 aliphatic heterocycles. The summed E-state index contributed by atoms with van der Waals surface area (Å²) in [5, 5.41) is 2.87. The Morgan fingerprint density at radius 3 is 2.54 bits per heavy atom. The van der Waals surface area contributed by atoms with Crippen molar-refractivity contribution in [1.82, 2.24) is 5.32 Å². The van der Waals surface area contributed by atoms with Crippen molar-refractivity contribution in [1.29, 1.82) is 0 Å². The third kappa shape index (κ3) is 4.83. The number of amides is 1. The van der Waals surface area contributed by atoms with E-state index < -0.39 is 0 Å². The highest BCUT2D eigenvalue weighted by atomic mass is 79.9. The first-order chi connectivity index (χ1) is 11.5. The number of ether oxygens (including phenoxy) is 2. The smallest absolute Gasteiger partial charge is 0.258 e. The number of carbonyl (C=O) groups is 2. The highest BCUT2D eigenvalue weighted by Gasteiger charge is 2.12. The normalized spacial score (nSPS) is 11.5. The zero-order valence-electron chi connectivity index (χ0n) is 13.4. The lowest BCUT2D eigenvalue weighted by Crippen LogP contribution is -2.31. The Bertz CT molecular complexity index is 715. The van der Waals surface area contributed by atoms with Gasteiger partial charge in [0.1, 0.15) is 6.29 Å². The summed E-state index contributed by atoms with van der Waals surface area (Å²) in [5.74, 6) is 0.579. The van der Waals surface area contributed by atoms with Gasteiger partial charge in [0.25, 0.3) is 5.91 Å². The number of carbonyl (C=O) groups excluding carboxylic acids is 2. The van der Waals surface area contributed by atoms with Crippen LogP contribution in [0, 0.1) is 0 Å². The van der Waals surface area contributed by atoms with Crippen molar-refractivity contribution < 1.29 is 19.1 Å². The maximum absolute atomic E-state index is 12.0. The zero-order chi connectivity index (χ0) is 17.5. The van der Waals surface area contributed by atoms with Gasteiger partial charge in [-0.25, -0.2) is 0 Å². The number of rotatable bonds is 7. The average molecular weight is 392 g/mol.